The molecule has 2 aliphatic rings. The summed E-state index contributed by atoms with van der Waals surface area (Å²) in [6.45, 7) is 5.70. The summed E-state index contributed by atoms with van der Waals surface area (Å²) >= 11 is 0. The summed E-state index contributed by atoms with van der Waals surface area (Å²) in [6.07, 6.45) is 2.87. The van der Waals surface area contributed by atoms with E-state index in [9.17, 15) is 4.79 Å². The molecule has 15 heavy (non-hydrogen) atoms. The Kier molecular flexibility index (Phi) is 2.87. The molecule has 0 aromatic carbocycles. The van der Waals surface area contributed by atoms with Crippen LogP contribution in [0.3, 0.4) is 0 Å². The van der Waals surface area contributed by atoms with Crippen molar-refractivity contribution in [3.63, 3.8) is 0 Å². The summed E-state index contributed by atoms with van der Waals surface area (Å²) in [6, 6.07) is 0. The summed E-state index contributed by atoms with van der Waals surface area (Å²) in [7, 11) is 2.12. The number of hydrogen-bond acceptors (Lipinski definition) is 3. The molecule has 2 rings (SSSR count). The number of carbonyl (C=O) groups excluding carboxylic acids is 1. The third-order valence-corrected chi connectivity index (χ3v) is 3.68. The number of rotatable bonds is 1. The lowest BCUT2D eigenvalue weighted by Gasteiger charge is -2.45. The van der Waals surface area contributed by atoms with Crippen molar-refractivity contribution in [2.45, 2.75) is 31.8 Å². The maximum Gasteiger partial charge on any atom is 0.410 e. The number of amides is 1. The zero-order valence-corrected chi connectivity index (χ0v) is 9.66. The minimum absolute atomic E-state index is 0.117. The average molecular weight is 212 g/mol. The predicted octanol–water partition coefficient (Wildman–Crippen LogP) is 1.31. The van der Waals surface area contributed by atoms with Crippen LogP contribution in [-0.2, 0) is 4.74 Å². The van der Waals surface area contributed by atoms with Crippen molar-refractivity contribution >= 4 is 6.09 Å². The molecule has 4 nitrogen and oxygen atoms in total. The van der Waals surface area contributed by atoms with Crippen molar-refractivity contribution in [1.29, 1.82) is 0 Å². The minimum Gasteiger partial charge on any atom is -0.443 e. The van der Waals surface area contributed by atoms with E-state index in [1.54, 1.807) is 4.90 Å². The zero-order chi connectivity index (χ0) is 10.9. The van der Waals surface area contributed by atoms with Gasteiger partial charge in [0.15, 0.2) is 0 Å². The molecule has 1 amide bonds. The van der Waals surface area contributed by atoms with Crippen LogP contribution in [0.25, 0.3) is 0 Å². The molecular weight excluding hydrogens is 192 g/mol. The van der Waals surface area contributed by atoms with Gasteiger partial charge in [0.05, 0.1) is 0 Å². The van der Waals surface area contributed by atoms with E-state index in [0.717, 1.165) is 45.4 Å². The van der Waals surface area contributed by atoms with Gasteiger partial charge in [-0.15, -0.1) is 0 Å². The second kappa shape index (κ2) is 4.00. The fraction of sp³-hybridized carbons (Fsp3) is 0.909. The first-order valence-corrected chi connectivity index (χ1v) is 5.82. The molecule has 0 aromatic heterocycles. The van der Waals surface area contributed by atoms with Crippen LogP contribution in [0, 0.1) is 0 Å². The van der Waals surface area contributed by atoms with Gasteiger partial charge < -0.3 is 14.5 Å². The molecular formula is C11H20N2O2. The Bertz CT molecular complexity index is 247. The highest BCUT2D eigenvalue weighted by Gasteiger charge is 2.41. The number of piperidine rings is 1. The first-order valence-electron chi connectivity index (χ1n) is 5.82. The molecule has 1 spiro atoms. The van der Waals surface area contributed by atoms with Crippen molar-refractivity contribution in [3.05, 3.63) is 0 Å². The maximum atomic E-state index is 11.7. The number of ether oxygens (including phenoxy) is 1. The Labute approximate surface area is 91.2 Å². The summed E-state index contributed by atoms with van der Waals surface area (Å²) in [5, 5.41) is 0. The number of carbonyl (C=O) groups is 1. The van der Waals surface area contributed by atoms with Crippen LogP contribution in [0.1, 0.15) is 26.2 Å². The Balaban J connectivity index is 1.98. The van der Waals surface area contributed by atoms with Crippen molar-refractivity contribution < 1.29 is 9.53 Å². The van der Waals surface area contributed by atoms with Gasteiger partial charge in [0, 0.05) is 45.4 Å². The fourth-order valence-electron chi connectivity index (χ4n) is 2.40. The van der Waals surface area contributed by atoms with Gasteiger partial charge in [0.2, 0.25) is 0 Å². The van der Waals surface area contributed by atoms with Gasteiger partial charge in [-0.05, 0) is 14.0 Å². The van der Waals surface area contributed by atoms with Gasteiger partial charge in [-0.1, -0.05) is 0 Å². The zero-order valence-electron chi connectivity index (χ0n) is 9.66. The second-order valence-electron chi connectivity index (χ2n) is 4.68. The van der Waals surface area contributed by atoms with E-state index in [0.29, 0.717) is 0 Å². The van der Waals surface area contributed by atoms with Crippen molar-refractivity contribution in [3.8, 4) is 0 Å². The lowest BCUT2D eigenvalue weighted by Crippen LogP contribution is -2.53. The smallest absolute Gasteiger partial charge is 0.410 e. The molecule has 2 aliphatic heterocycles. The molecule has 0 unspecified atom stereocenters. The fourth-order valence-corrected chi connectivity index (χ4v) is 2.40. The van der Waals surface area contributed by atoms with E-state index >= 15 is 0 Å². The topological polar surface area (TPSA) is 32.8 Å². The van der Waals surface area contributed by atoms with Crippen molar-refractivity contribution in [2.75, 3.05) is 33.2 Å². The largest absolute Gasteiger partial charge is 0.443 e. The van der Waals surface area contributed by atoms with Crippen molar-refractivity contribution in [1.82, 2.24) is 9.80 Å². The molecule has 0 aromatic rings. The molecule has 0 atom stereocenters. The number of likely N-dealkylation sites (tertiary alicyclic amines) is 1. The van der Waals surface area contributed by atoms with Crippen LogP contribution < -0.4 is 0 Å². The number of nitrogens with zero attached hydrogens (tertiary/aromatic N) is 2. The monoisotopic (exact) mass is 212 g/mol. The normalized spacial score (nSPS) is 26.8. The molecule has 0 saturated carbocycles. The average Bonchev–Trinajstić information content (AvgIpc) is 2.23. The van der Waals surface area contributed by atoms with Crippen LogP contribution in [-0.4, -0.2) is 54.7 Å². The van der Waals surface area contributed by atoms with Crippen LogP contribution in [0.15, 0.2) is 0 Å². The molecule has 2 saturated heterocycles. The molecule has 4 heteroatoms. The first kappa shape index (κ1) is 10.7. The molecule has 2 heterocycles. The Morgan fingerprint density at radius 3 is 2.40 bits per heavy atom. The van der Waals surface area contributed by atoms with E-state index in [4.69, 9.17) is 4.74 Å². The Hall–Kier alpha value is -0.770. The Morgan fingerprint density at radius 2 is 1.87 bits per heavy atom. The summed E-state index contributed by atoms with van der Waals surface area (Å²) in [4.78, 5) is 15.7. The second-order valence-corrected chi connectivity index (χ2v) is 4.68. The van der Waals surface area contributed by atoms with Gasteiger partial charge in [0.1, 0.15) is 5.60 Å². The van der Waals surface area contributed by atoms with Gasteiger partial charge in [-0.2, -0.15) is 0 Å². The third kappa shape index (κ3) is 2.09. The quantitative estimate of drug-likeness (QED) is 0.657. The molecule has 0 N–H and O–H groups in total. The van der Waals surface area contributed by atoms with Gasteiger partial charge >= 0.3 is 6.09 Å². The molecule has 0 radical (unpaired) electrons. The van der Waals surface area contributed by atoms with Crippen LogP contribution in [0.4, 0.5) is 4.79 Å². The number of hydrogen-bond donors (Lipinski definition) is 0. The highest BCUT2D eigenvalue weighted by atomic mass is 16.6. The first-order chi connectivity index (χ1) is 7.15. The van der Waals surface area contributed by atoms with Gasteiger partial charge in [0.25, 0.3) is 0 Å². The van der Waals surface area contributed by atoms with E-state index in [2.05, 4.69) is 11.9 Å². The van der Waals surface area contributed by atoms with E-state index in [1.165, 1.54) is 0 Å². The predicted molar refractivity (Wildman–Crippen MR) is 57.8 cm³/mol. The van der Waals surface area contributed by atoms with Crippen LogP contribution in [0.2, 0.25) is 0 Å². The Morgan fingerprint density at radius 1 is 1.27 bits per heavy atom. The highest BCUT2D eigenvalue weighted by molar-refractivity contribution is 5.69. The lowest BCUT2D eigenvalue weighted by molar-refractivity contribution is -0.0773. The third-order valence-electron chi connectivity index (χ3n) is 3.68. The summed E-state index contributed by atoms with van der Waals surface area (Å²) in [5.74, 6) is 0. The molecule has 2 fully saturated rings. The standard InChI is InChI=1S/C11H20N2O2/c1-3-13-9-6-11(15-10(13)14)4-7-12(2)8-5-11/h3-9H2,1-2H3. The molecule has 0 bridgehead atoms. The van der Waals surface area contributed by atoms with Crippen LogP contribution >= 0.6 is 0 Å². The minimum atomic E-state index is -0.144. The van der Waals surface area contributed by atoms with Crippen molar-refractivity contribution in [2.24, 2.45) is 0 Å². The molecule has 0 aliphatic carbocycles. The summed E-state index contributed by atoms with van der Waals surface area (Å²) in [5.41, 5.74) is -0.144. The van der Waals surface area contributed by atoms with Gasteiger partial charge in [-0.25, -0.2) is 4.79 Å². The van der Waals surface area contributed by atoms with E-state index < -0.39 is 0 Å². The maximum absolute atomic E-state index is 11.7. The van der Waals surface area contributed by atoms with Crippen LogP contribution in [0.5, 0.6) is 0 Å². The van der Waals surface area contributed by atoms with E-state index in [1.807, 2.05) is 6.92 Å². The molecule has 86 valence electrons. The van der Waals surface area contributed by atoms with E-state index in [-0.39, 0.29) is 11.7 Å². The van der Waals surface area contributed by atoms with Gasteiger partial charge in [-0.3, -0.25) is 0 Å². The lowest BCUT2D eigenvalue weighted by atomic mass is 9.87. The highest BCUT2D eigenvalue weighted by Crippen LogP contribution is 2.33. The SMILES string of the molecule is CCN1CCC2(CCN(C)CC2)OC1=O. The summed E-state index contributed by atoms with van der Waals surface area (Å²) < 4.78 is 5.63.